The number of ether oxygens (including phenoxy) is 1. The summed E-state index contributed by atoms with van der Waals surface area (Å²) in [6, 6.07) is 12.1. The van der Waals surface area contributed by atoms with Crippen LogP contribution in [0.25, 0.3) is 0 Å². The van der Waals surface area contributed by atoms with E-state index in [1.165, 1.54) is 23.3 Å². The molecule has 3 aliphatic heterocycles. The Kier molecular flexibility index (Phi) is 6.29. The van der Waals surface area contributed by atoms with Gasteiger partial charge in [-0.25, -0.2) is 0 Å². The Labute approximate surface area is 196 Å². The van der Waals surface area contributed by atoms with Crippen LogP contribution in [-0.2, 0) is 24.3 Å². The van der Waals surface area contributed by atoms with Crippen molar-refractivity contribution >= 4 is 11.6 Å². The lowest BCUT2D eigenvalue weighted by atomic mass is 9.88. The van der Waals surface area contributed by atoms with Crippen LogP contribution in [0.15, 0.2) is 52.7 Å². The predicted octanol–water partition coefficient (Wildman–Crippen LogP) is 5.10. The van der Waals surface area contributed by atoms with Crippen molar-refractivity contribution in [1.29, 1.82) is 0 Å². The fraction of sp³-hybridized carbons (Fsp3) is 0.480. The zero-order valence-corrected chi connectivity index (χ0v) is 18.8. The largest absolute Gasteiger partial charge is 0.573 e. The number of hydrogen-bond acceptors (Lipinski definition) is 5. The van der Waals surface area contributed by atoms with Crippen LogP contribution in [0.2, 0.25) is 0 Å². The van der Waals surface area contributed by atoms with Gasteiger partial charge in [-0.1, -0.05) is 24.3 Å². The number of hydrogen-bond donors (Lipinski definition) is 0. The van der Waals surface area contributed by atoms with Gasteiger partial charge < -0.3 is 9.64 Å². The summed E-state index contributed by atoms with van der Waals surface area (Å²) in [5, 5.41) is 8.29. The van der Waals surface area contributed by atoms with E-state index in [9.17, 15) is 18.0 Å². The number of rotatable bonds is 6. The highest BCUT2D eigenvalue weighted by atomic mass is 19.4. The van der Waals surface area contributed by atoms with Crippen molar-refractivity contribution in [1.82, 2.24) is 9.80 Å². The minimum absolute atomic E-state index is 0.108. The number of benzene rings is 2. The number of fused-ring (bicyclic) bond motifs is 2. The van der Waals surface area contributed by atoms with Crippen molar-refractivity contribution in [3.8, 4) is 5.75 Å². The lowest BCUT2D eigenvalue weighted by Gasteiger charge is -2.34. The summed E-state index contributed by atoms with van der Waals surface area (Å²) in [7, 11) is 0. The van der Waals surface area contributed by atoms with E-state index in [2.05, 4.69) is 38.1 Å². The molecule has 34 heavy (non-hydrogen) atoms. The average molecular weight is 473 g/mol. The van der Waals surface area contributed by atoms with Crippen LogP contribution in [0.5, 0.6) is 5.75 Å². The van der Waals surface area contributed by atoms with Gasteiger partial charge in [0.2, 0.25) is 5.91 Å². The Morgan fingerprint density at radius 2 is 1.79 bits per heavy atom. The van der Waals surface area contributed by atoms with Gasteiger partial charge in [0.15, 0.2) is 0 Å². The summed E-state index contributed by atoms with van der Waals surface area (Å²) in [4.78, 5) is 17.2. The van der Waals surface area contributed by atoms with E-state index in [0.717, 1.165) is 50.4 Å². The minimum atomic E-state index is -4.70. The van der Waals surface area contributed by atoms with Crippen LogP contribution in [0.3, 0.4) is 0 Å². The quantitative estimate of drug-likeness (QED) is 0.588. The van der Waals surface area contributed by atoms with Crippen molar-refractivity contribution in [2.24, 2.45) is 22.1 Å². The maximum Gasteiger partial charge on any atom is 0.573 e. The second kappa shape index (κ2) is 9.37. The van der Waals surface area contributed by atoms with E-state index in [-0.39, 0.29) is 11.7 Å². The summed E-state index contributed by atoms with van der Waals surface area (Å²) in [6.07, 6.45) is -2.84. The molecule has 0 radical (unpaired) electrons. The molecule has 0 unspecified atom stereocenters. The first-order valence-electron chi connectivity index (χ1n) is 11.7. The molecule has 3 heterocycles. The number of alkyl halides is 3. The Bertz CT molecular complexity index is 1070. The lowest BCUT2D eigenvalue weighted by molar-refractivity contribution is -0.274. The molecule has 0 saturated carbocycles. The zero-order valence-electron chi connectivity index (χ0n) is 18.8. The first-order valence-corrected chi connectivity index (χ1v) is 11.7. The van der Waals surface area contributed by atoms with Crippen LogP contribution >= 0.6 is 0 Å². The second-order valence-electron chi connectivity index (χ2n) is 9.40. The number of amides is 1. The SMILES string of the molecule is O=C(CCc1ccc(OC(F)(F)F)cc1)N1CC[C@@H]2CN(Cc3ccc4c(c3)N=NC4)C[C@H]2C1. The summed E-state index contributed by atoms with van der Waals surface area (Å²) in [5.41, 5.74) is 4.23. The molecule has 180 valence electrons. The Balaban J connectivity index is 1.10. The molecule has 6 nitrogen and oxygen atoms in total. The summed E-state index contributed by atoms with van der Waals surface area (Å²) in [5.74, 6) is 0.946. The van der Waals surface area contributed by atoms with Crippen molar-refractivity contribution in [3.05, 3.63) is 59.2 Å². The molecular formula is C25H27F3N4O2. The molecule has 2 saturated heterocycles. The Morgan fingerprint density at radius 1 is 1.03 bits per heavy atom. The van der Waals surface area contributed by atoms with Crippen molar-refractivity contribution in [2.45, 2.75) is 38.7 Å². The molecule has 0 aromatic heterocycles. The Hall–Kier alpha value is -2.94. The monoisotopic (exact) mass is 472 g/mol. The van der Waals surface area contributed by atoms with E-state index >= 15 is 0 Å². The fourth-order valence-electron chi connectivity index (χ4n) is 5.27. The van der Waals surface area contributed by atoms with Gasteiger partial charge in [0, 0.05) is 44.7 Å². The molecule has 0 bridgehead atoms. The number of likely N-dealkylation sites (tertiary alicyclic amines) is 2. The molecule has 0 N–H and O–H groups in total. The van der Waals surface area contributed by atoms with Gasteiger partial charge in [0.05, 0.1) is 12.2 Å². The molecule has 9 heteroatoms. The van der Waals surface area contributed by atoms with E-state index in [1.54, 1.807) is 12.1 Å². The highest BCUT2D eigenvalue weighted by Crippen LogP contribution is 2.34. The standard InChI is InChI=1S/C25H27F3N4O2/c26-25(27,28)34-22-6-2-17(3-7-22)4-8-24(33)32-10-9-20-14-31(15-21(20)16-32)13-18-1-5-19-12-29-30-23(19)11-18/h1-3,5-7,11,20-21H,4,8-10,12-16H2/t20-,21+/m1/s1. The third-order valence-corrected chi connectivity index (χ3v) is 6.99. The molecule has 2 atom stereocenters. The smallest absolute Gasteiger partial charge is 0.406 e. The molecule has 1 amide bonds. The number of halogens is 3. The van der Waals surface area contributed by atoms with Gasteiger partial charge in [-0.3, -0.25) is 9.69 Å². The summed E-state index contributed by atoms with van der Waals surface area (Å²) in [6.45, 7) is 5.14. The first-order chi connectivity index (χ1) is 16.3. The molecule has 3 aliphatic rings. The highest BCUT2D eigenvalue weighted by Gasteiger charge is 2.38. The Morgan fingerprint density at radius 3 is 2.59 bits per heavy atom. The van der Waals surface area contributed by atoms with Gasteiger partial charge in [-0.2, -0.15) is 10.2 Å². The number of nitrogens with zero attached hydrogens (tertiary/aromatic N) is 4. The minimum Gasteiger partial charge on any atom is -0.406 e. The van der Waals surface area contributed by atoms with Crippen molar-refractivity contribution in [3.63, 3.8) is 0 Å². The van der Waals surface area contributed by atoms with Crippen molar-refractivity contribution in [2.75, 3.05) is 26.2 Å². The van der Waals surface area contributed by atoms with E-state index < -0.39 is 6.36 Å². The topological polar surface area (TPSA) is 57.5 Å². The van der Waals surface area contributed by atoms with Gasteiger partial charge >= 0.3 is 6.36 Å². The van der Waals surface area contributed by atoms with E-state index in [0.29, 0.717) is 31.2 Å². The van der Waals surface area contributed by atoms with Gasteiger partial charge in [0.1, 0.15) is 5.75 Å². The third-order valence-electron chi connectivity index (χ3n) is 6.99. The summed E-state index contributed by atoms with van der Waals surface area (Å²) < 4.78 is 40.8. The second-order valence-corrected chi connectivity index (χ2v) is 9.40. The third kappa shape index (κ3) is 5.41. The molecule has 0 aliphatic carbocycles. The number of aryl methyl sites for hydroxylation is 1. The van der Waals surface area contributed by atoms with E-state index in [1.807, 2.05) is 4.90 Å². The summed E-state index contributed by atoms with van der Waals surface area (Å²) >= 11 is 0. The molecule has 5 rings (SSSR count). The molecular weight excluding hydrogens is 445 g/mol. The van der Waals surface area contributed by atoms with Crippen LogP contribution in [0.1, 0.15) is 29.5 Å². The first kappa shape index (κ1) is 22.8. The highest BCUT2D eigenvalue weighted by molar-refractivity contribution is 5.76. The number of azo groups is 1. The van der Waals surface area contributed by atoms with Crippen LogP contribution in [0, 0.1) is 11.8 Å². The zero-order chi connectivity index (χ0) is 23.7. The average Bonchev–Trinajstić information content (AvgIpc) is 3.42. The van der Waals surface area contributed by atoms with Gasteiger partial charge in [-0.15, -0.1) is 13.2 Å². The van der Waals surface area contributed by atoms with Gasteiger partial charge in [0.25, 0.3) is 0 Å². The maximum absolute atomic E-state index is 12.8. The lowest BCUT2D eigenvalue weighted by Crippen LogP contribution is -2.43. The molecule has 2 aromatic carbocycles. The van der Waals surface area contributed by atoms with Crippen molar-refractivity contribution < 1.29 is 22.7 Å². The van der Waals surface area contributed by atoms with Crippen LogP contribution in [-0.4, -0.2) is 48.2 Å². The number of carbonyl (C=O) groups excluding carboxylic acids is 1. The van der Waals surface area contributed by atoms with Crippen LogP contribution < -0.4 is 4.74 Å². The molecule has 0 spiro atoms. The fourth-order valence-corrected chi connectivity index (χ4v) is 5.27. The van der Waals surface area contributed by atoms with E-state index in [4.69, 9.17) is 0 Å². The predicted molar refractivity (Wildman–Crippen MR) is 120 cm³/mol. The molecule has 2 aromatic rings. The molecule has 2 fully saturated rings. The normalized spacial score (nSPS) is 22.0. The maximum atomic E-state index is 12.8. The number of carbonyl (C=O) groups is 1. The number of piperidine rings is 1. The van der Waals surface area contributed by atoms with Gasteiger partial charge in [-0.05, 0) is 54.0 Å². The van der Waals surface area contributed by atoms with Crippen LogP contribution in [0.4, 0.5) is 18.9 Å².